The molecule has 0 bridgehead atoms. The van der Waals surface area contributed by atoms with Gasteiger partial charge in [-0.05, 0) is 37.0 Å². The molecule has 0 aromatic carbocycles. The van der Waals surface area contributed by atoms with Crippen LogP contribution in [0.3, 0.4) is 0 Å². The van der Waals surface area contributed by atoms with E-state index >= 15 is 0 Å². The highest BCUT2D eigenvalue weighted by molar-refractivity contribution is 7.41. The molecule has 3 atom stereocenters. The molecule has 0 aromatic rings. The van der Waals surface area contributed by atoms with Crippen molar-refractivity contribution in [1.29, 1.82) is 0 Å². The fourth-order valence-corrected chi connectivity index (χ4v) is 7.75. The van der Waals surface area contributed by atoms with Crippen LogP contribution < -0.4 is 0 Å². The molecule has 0 fully saturated rings. The SMILES string of the molecule is CCCCCCCCCCC(CC)COP(OCC(CC)CCCCCCCCCC)OCC(CC)CCCCCCCCCC. The van der Waals surface area contributed by atoms with Gasteiger partial charge in [0.25, 0.3) is 0 Å². The number of hydrogen-bond acceptors (Lipinski definition) is 3. The molecular weight excluding hydrogens is 583 g/mol. The topological polar surface area (TPSA) is 27.7 Å². The Bertz CT molecular complexity index is 483. The van der Waals surface area contributed by atoms with Gasteiger partial charge in [-0.25, -0.2) is 0 Å². The minimum absolute atomic E-state index is 0.621. The lowest BCUT2D eigenvalue weighted by molar-refractivity contribution is 0.109. The first-order valence-electron chi connectivity index (χ1n) is 21.3. The zero-order chi connectivity index (χ0) is 33.8. The van der Waals surface area contributed by atoms with Crippen LogP contribution in [0, 0.1) is 17.8 Å². The monoisotopic (exact) mass is 671 g/mol. The molecule has 0 heterocycles. The summed E-state index contributed by atoms with van der Waals surface area (Å²) in [5.74, 6) is 1.86. The average Bonchev–Trinajstić information content (AvgIpc) is 3.07. The van der Waals surface area contributed by atoms with E-state index < -0.39 is 8.60 Å². The molecule has 0 spiro atoms. The summed E-state index contributed by atoms with van der Waals surface area (Å²) < 4.78 is 19.5. The Morgan fingerprint density at radius 3 is 0.739 bits per heavy atom. The van der Waals surface area contributed by atoms with E-state index in [1.54, 1.807) is 0 Å². The maximum atomic E-state index is 6.51. The summed E-state index contributed by atoms with van der Waals surface area (Å²) in [5, 5.41) is 0. The molecule has 0 saturated heterocycles. The molecule has 4 heteroatoms. The van der Waals surface area contributed by atoms with Crippen LogP contribution in [-0.2, 0) is 13.6 Å². The quantitative estimate of drug-likeness (QED) is 0.0481. The van der Waals surface area contributed by atoms with Crippen LogP contribution >= 0.6 is 8.60 Å². The van der Waals surface area contributed by atoms with E-state index in [2.05, 4.69) is 41.5 Å². The van der Waals surface area contributed by atoms with E-state index in [1.807, 2.05) is 0 Å². The van der Waals surface area contributed by atoms with Crippen molar-refractivity contribution in [3.8, 4) is 0 Å². The molecule has 0 saturated carbocycles. The molecule has 0 radical (unpaired) electrons. The highest BCUT2D eigenvalue weighted by Gasteiger charge is 2.20. The third-order valence-corrected chi connectivity index (χ3v) is 11.5. The van der Waals surface area contributed by atoms with Gasteiger partial charge >= 0.3 is 8.60 Å². The average molecular weight is 671 g/mol. The molecule has 0 aliphatic carbocycles. The standard InChI is InChI=1S/C42H87O3P/c1-7-13-16-19-22-25-28-31-34-40(10-4)37-43-46(44-38-41(11-5)35-32-29-26-23-20-17-14-8-2)45-39-42(12-6)36-33-30-27-24-21-18-15-9-3/h40-42H,7-39H2,1-6H3. The summed E-state index contributed by atoms with van der Waals surface area (Å²) in [7, 11) is -1.27. The Morgan fingerprint density at radius 1 is 0.304 bits per heavy atom. The molecule has 3 nitrogen and oxygen atoms in total. The van der Waals surface area contributed by atoms with Gasteiger partial charge in [0.15, 0.2) is 0 Å². The Kier molecular flexibility index (Phi) is 38.4. The van der Waals surface area contributed by atoms with Crippen LogP contribution in [0.5, 0.6) is 0 Å². The first kappa shape index (κ1) is 46.3. The van der Waals surface area contributed by atoms with Crippen molar-refractivity contribution in [2.75, 3.05) is 19.8 Å². The van der Waals surface area contributed by atoms with E-state index in [9.17, 15) is 0 Å². The summed E-state index contributed by atoms with van der Waals surface area (Å²) >= 11 is 0. The van der Waals surface area contributed by atoms with Crippen LogP contribution in [0.15, 0.2) is 0 Å². The lowest BCUT2D eigenvalue weighted by Crippen LogP contribution is -2.14. The Hall–Kier alpha value is 0.310. The molecule has 0 N–H and O–H groups in total. The van der Waals surface area contributed by atoms with E-state index in [0.717, 1.165) is 19.8 Å². The molecule has 46 heavy (non-hydrogen) atoms. The first-order valence-corrected chi connectivity index (χ1v) is 22.4. The first-order chi connectivity index (χ1) is 22.6. The van der Waals surface area contributed by atoms with Gasteiger partial charge in [0.05, 0.1) is 19.8 Å². The second kappa shape index (κ2) is 38.1. The van der Waals surface area contributed by atoms with Crippen LogP contribution in [0.25, 0.3) is 0 Å². The van der Waals surface area contributed by atoms with Crippen molar-refractivity contribution < 1.29 is 13.6 Å². The van der Waals surface area contributed by atoms with Crippen molar-refractivity contribution in [3.63, 3.8) is 0 Å². The molecule has 0 amide bonds. The van der Waals surface area contributed by atoms with Crippen molar-refractivity contribution in [1.82, 2.24) is 0 Å². The van der Waals surface area contributed by atoms with E-state index in [-0.39, 0.29) is 0 Å². The molecule has 0 aromatic heterocycles. The number of rotatable bonds is 39. The summed E-state index contributed by atoms with van der Waals surface area (Å²) in [6.07, 6.45) is 40.7. The fourth-order valence-electron chi connectivity index (χ4n) is 6.53. The minimum Gasteiger partial charge on any atom is -0.312 e. The van der Waals surface area contributed by atoms with Crippen molar-refractivity contribution >= 4 is 8.60 Å². The molecule has 3 unspecified atom stereocenters. The molecule has 0 aliphatic heterocycles. The van der Waals surface area contributed by atoms with Crippen LogP contribution in [0.4, 0.5) is 0 Å². The highest BCUT2D eigenvalue weighted by atomic mass is 31.2. The molecule has 0 aliphatic rings. The maximum absolute atomic E-state index is 6.51. The minimum atomic E-state index is -1.27. The fraction of sp³-hybridized carbons (Fsp3) is 1.00. The van der Waals surface area contributed by atoms with Gasteiger partial charge < -0.3 is 13.6 Å². The molecule has 278 valence electrons. The third kappa shape index (κ3) is 31.6. The summed E-state index contributed by atoms with van der Waals surface area (Å²) in [5.41, 5.74) is 0. The van der Waals surface area contributed by atoms with Crippen molar-refractivity contribution in [3.05, 3.63) is 0 Å². The van der Waals surface area contributed by atoms with Crippen LogP contribution in [0.1, 0.15) is 234 Å². The summed E-state index contributed by atoms with van der Waals surface area (Å²) in [6, 6.07) is 0. The van der Waals surface area contributed by atoms with Crippen molar-refractivity contribution in [2.24, 2.45) is 17.8 Å². The second-order valence-corrected chi connectivity index (χ2v) is 15.9. The molecule has 0 rings (SSSR count). The normalized spacial score (nSPS) is 14.5. The molecular formula is C42H87O3P. The van der Waals surface area contributed by atoms with Crippen LogP contribution in [-0.4, -0.2) is 19.8 Å². The van der Waals surface area contributed by atoms with Crippen molar-refractivity contribution in [2.45, 2.75) is 234 Å². The number of hydrogen-bond donors (Lipinski definition) is 0. The predicted molar refractivity (Wildman–Crippen MR) is 208 cm³/mol. The predicted octanol–water partition coefficient (Wildman–Crippen LogP) is 15.9. The Labute approximate surface area is 293 Å². The lowest BCUT2D eigenvalue weighted by atomic mass is 9.98. The van der Waals surface area contributed by atoms with E-state index in [4.69, 9.17) is 13.6 Å². The largest absolute Gasteiger partial charge is 0.332 e. The van der Waals surface area contributed by atoms with E-state index in [0.29, 0.717) is 17.8 Å². The zero-order valence-electron chi connectivity index (χ0n) is 32.7. The Morgan fingerprint density at radius 2 is 0.522 bits per heavy atom. The summed E-state index contributed by atoms with van der Waals surface area (Å²) in [4.78, 5) is 0. The van der Waals surface area contributed by atoms with Gasteiger partial charge in [-0.2, -0.15) is 0 Å². The van der Waals surface area contributed by atoms with Gasteiger partial charge in [-0.1, -0.05) is 215 Å². The van der Waals surface area contributed by atoms with Gasteiger partial charge in [0.1, 0.15) is 0 Å². The second-order valence-electron chi connectivity index (χ2n) is 14.7. The van der Waals surface area contributed by atoms with Gasteiger partial charge in [-0.3, -0.25) is 0 Å². The maximum Gasteiger partial charge on any atom is 0.332 e. The van der Waals surface area contributed by atoms with E-state index in [1.165, 1.54) is 193 Å². The lowest BCUT2D eigenvalue weighted by Gasteiger charge is -2.24. The third-order valence-electron chi connectivity index (χ3n) is 10.4. The van der Waals surface area contributed by atoms with Gasteiger partial charge in [0, 0.05) is 0 Å². The smallest absolute Gasteiger partial charge is 0.312 e. The van der Waals surface area contributed by atoms with Crippen LogP contribution in [0.2, 0.25) is 0 Å². The zero-order valence-corrected chi connectivity index (χ0v) is 33.6. The highest BCUT2D eigenvalue weighted by Crippen LogP contribution is 2.42. The Balaban J connectivity index is 4.67. The number of unbranched alkanes of at least 4 members (excludes halogenated alkanes) is 21. The van der Waals surface area contributed by atoms with Gasteiger partial charge in [0.2, 0.25) is 0 Å². The summed E-state index contributed by atoms with van der Waals surface area (Å²) in [6.45, 7) is 16.3. The van der Waals surface area contributed by atoms with Gasteiger partial charge in [-0.15, -0.1) is 0 Å².